The van der Waals surface area contributed by atoms with Crippen LogP contribution in [0.5, 0.6) is 5.75 Å². The van der Waals surface area contributed by atoms with E-state index in [2.05, 4.69) is 101 Å². The number of hydrogen-bond acceptors (Lipinski definition) is 14. The molecule has 0 spiro atoms. The molecule has 0 saturated carbocycles. The van der Waals surface area contributed by atoms with E-state index in [0.717, 1.165) is 127 Å². The summed E-state index contributed by atoms with van der Waals surface area (Å²) in [5, 5.41) is 70.8. The number of carboxylic acid groups (broad SMARTS) is 1. The second-order valence-corrected chi connectivity index (χ2v) is 34.9. The number of alkyl halides is 12. The third kappa shape index (κ3) is 29.5. The highest BCUT2D eigenvalue weighted by Crippen LogP contribution is 2.44. The number of rotatable bonds is 20. The highest BCUT2D eigenvalue weighted by molar-refractivity contribution is 6.45. The van der Waals surface area contributed by atoms with E-state index in [1.54, 1.807) is 13.6 Å². The van der Waals surface area contributed by atoms with Gasteiger partial charge in [-0.25, -0.2) is 0 Å². The second-order valence-electron chi connectivity index (χ2n) is 34.9. The monoisotopic (exact) mass is 1800 g/mol. The van der Waals surface area contributed by atoms with E-state index >= 15 is 0 Å². The van der Waals surface area contributed by atoms with Gasteiger partial charge in [-0.15, -0.1) is 0 Å². The van der Waals surface area contributed by atoms with Crippen molar-refractivity contribution >= 4 is 20.1 Å². The molecule has 9 aromatic rings. The van der Waals surface area contributed by atoms with Crippen LogP contribution >= 0.6 is 0 Å². The van der Waals surface area contributed by atoms with Crippen LogP contribution in [0.15, 0.2) is 249 Å². The van der Waals surface area contributed by atoms with Crippen LogP contribution in [0, 0.1) is 0 Å². The number of carbonyl (C=O) groups is 1. The molecule has 29 heteroatoms. The van der Waals surface area contributed by atoms with Gasteiger partial charge in [0, 0.05) is 46.7 Å². The van der Waals surface area contributed by atoms with E-state index in [1.165, 1.54) is 22.3 Å². The Balaban J connectivity index is 0.000000175. The van der Waals surface area contributed by atoms with Crippen molar-refractivity contribution < 1.29 is 97.4 Å². The van der Waals surface area contributed by atoms with Crippen molar-refractivity contribution in [3.63, 3.8) is 0 Å². The third-order valence-electron chi connectivity index (χ3n) is 25.8. The molecule has 0 amide bonds. The molecule has 129 heavy (non-hydrogen) atoms. The van der Waals surface area contributed by atoms with Crippen molar-refractivity contribution in [3.05, 3.63) is 315 Å². The molecule has 3 unspecified atom stereocenters. The molecule has 0 aromatic heterocycles. The summed E-state index contributed by atoms with van der Waals surface area (Å²) in [6, 6.07) is 72.6. The van der Waals surface area contributed by atoms with E-state index in [-0.39, 0.29) is 86.0 Å². The quantitative estimate of drug-likeness (QED) is 0.0254. The van der Waals surface area contributed by atoms with Gasteiger partial charge in [0.05, 0.1) is 67.3 Å². The molecule has 0 bridgehead atoms. The van der Waals surface area contributed by atoms with Crippen LogP contribution in [-0.2, 0) is 73.3 Å². The van der Waals surface area contributed by atoms with Crippen molar-refractivity contribution in [2.45, 2.75) is 174 Å². The van der Waals surface area contributed by atoms with E-state index in [1.807, 2.05) is 156 Å². The maximum absolute atomic E-state index is 13.0. The number of nitrogens with one attached hydrogen (secondary N) is 4. The Labute approximate surface area is 751 Å². The van der Waals surface area contributed by atoms with Crippen molar-refractivity contribution in [1.82, 2.24) is 30.9 Å². The fourth-order valence-electron chi connectivity index (χ4n) is 17.8. The fraction of sp³-hybridized carbons (Fsp3) is 0.450. The Morgan fingerprint density at radius 1 is 0.388 bits per heavy atom. The minimum Gasteiger partial charge on any atom is -0.493 e. The van der Waals surface area contributed by atoms with Gasteiger partial charge in [-0.2, -0.15) is 52.7 Å². The number of hydrogen-bond donors (Lipinski definition) is 10. The number of benzene rings is 9. The Morgan fingerprint density at radius 3 is 1.10 bits per heavy atom. The smallest absolute Gasteiger partial charge is 0.416 e. The minimum atomic E-state index is -4.90. The van der Waals surface area contributed by atoms with Crippen molar-refractivity contribution in [3.8, 4) is 5.75 Å². The summed E-state index contributed by atoms with van der Waals surface area (Å²) >= 11 is 0. The van der Waals surface area contributed by atoms with Crippen LogP contribution in [0.4, 0.5) is 52.7 Å². The molecule has 9 aromatic carbocycles. The zero-order valence-electron chi connectivity index (χ0n) is 74.0. The maximum Gasteiger partial charge on any atom is 0.416 e. The number of aliphatic hydroxyl groups excluding tert-OH is 3. The number of nitrogens with zero attached hydrogens (tertiary/aromatic N) is 2. The molecule has 15 rings (SSSR count). The molecule has 6 saturated heterocycles. The van der Waals surface area contributed by atoms with E-state index in [4.69, 9.17) is 9.47 Å². The standard InChI is InChI=1S/C21H21F6NO.C20H19F6NO.2C13H20BNO2.C12H15NO2.C12H17NO.C9H12/c22-20(23,24)17-9-15(10-18(11-17)21(25,26)27)12-29-14-19(7-4-8-28-13-19)16-5-2-1-3-6-16;21-19(22,23)15-10-16(20(24,25)26)12-17(11-15)28-13-18(6-8-27-9-7-18)14-4-2-1-3-5-14;1-14(17)15-9-5-8-13(10-15,11-16)12-6-3-2-4-7-12;1-14(17)15-9-7-13(11-16,8-10-15)12-5-3-2-4-6-12;14-11(15)12(6-8-13-9-7-12)10-4-2-1-3-5-10;14-10-12(7-4-8-13-9-12)11-5-2-1-3-6-11;1-8(2)9-6-4-3-5-7-9/h1-3,5-6,9-11,28H,4,7-8,12-14H2;1-5,10-12,27H,6-9,13H2;2-4,6-7,16-17H,5,8-11H2,1H3;2-6,16-17H,7-11H2,1H3;1-5,13H,6-9H2,(H,14,15);1-3,5-6,13-14H,4,7-10H2;3-8H,1-2H3. The lowest BCUT2D eigenvalue weighted by Gasteiger charge is -2.42. The summed E-state index contributed by atoms with van der Waals surface area (Å²) in [7, 11) is -0.826. The first-order chi connectivity index (χ1) is 61.5. The SMILES string of the molecule is CB(O)N1CCC(CO)(c2ccccc2)CC1.CB(O)N1CCCC(CO)(c2ccccc2)C1.CC(C)c1ccccc1.FC(F)(F)c1cc(COCC2(c3ccccc3)CCCNC2)cc(C(F)(F)F)c1.FC(F)(F)c1cc(OCC2(c3ccccc3)CCNCC2)cc(C(F)(F)F)c1.O=C(O)C1(c2ccccc2)CCNCC1.OCC1(c2ccccc2)CCCNC1. The van der Waals surface area contributed by atoms with Crippen LogP contribution in [0.2, 0.25) is 13.6 Å². The van der Waals surface area contributed by atoms with E-state index < -0.39 is 76.6 Å². The topological polar surface area (TPSA) is 212 Å². The van der Waals surface area contributed by atoms with Gasteiger partial charge in [0.25, 0.3) is 0 Å². The zero-order chi connectivity index (χ0) is 93.4. The van der Waals surface area contributed by atoms with E-state index in [0.29, 0.717) is 75.5 Å². The summed E-state index contributed by atoms with van der Waals surface area (Å²) < 4.78 is 168. The zero-order valence-corrected chi connectivity index (χ0v) is 74.0. The van der Waals surface area contributed by atoms with E-state index in [9.17, 15) is 88.0 Å². The summed E-state index contributed by atoms with van der Waals surface area (Å²) in [5.41, 5.74) is 0.527. The summed E-state index contributed by atoms with van der Waals surface area (Å²) in [6.07, 6.45) is -9.09. The molecule has 0 radical (unpaired) electrons. The number of aliphatic carboxylic acids is 1. The van der Waals surface area contributed by atoms with Gasteiger partial charge < -0.3 is 70.8 Å². The molecule has 6 heterocycles. The molecule has 15 nitrogen and oxygen atoms in total. The van der Waals surface area contributed by atoms with Gasteiger partial charge in [0.15, 0.2) is 0 Å². The molecule has 3 atom stereocenters. The Bertz CT molecular complexity index is 4650. The van der Waals surface area contributed by atoms with Crippen molar-refractivity contribution in [2.24, 2.45) is 0 Å². The van der Waals surface area contributed by atoms with Crippen LogP contribution in [0.3, 0.4) is 0 Å². The van der Waals surface area contributed by atoms with Crippen LogP contribution in [-0.4, -0.2) is 172 Å². The number of piperidine rings is 6. The molecular formula is C100H124B2F12N6O9. The average Bonchev–Trinajstić information content (AvgIpc) is 0.776. The van der Waals surface area contributed by atoms with Gasteiger partial charge in [-0.3, -0.25) is 4.79 Å². The van der Waals surface area contributed by atoms with Gasteiger partial charge >= 0.3 is 44.8 Å². The van der Waals surface area contributed by atoms with Gasteiger partial charge in [-0.1, -0.05) is 226 Å². The molecule has 6 aliphatic heterocycles. The second kappa shape index (κ2) is 48.5. The summed E-state index contributed by atoms with van der Waals surface area (Å²) in [4.78, 5) is 15.5. The molecule has 10 N–H and O–H groups in total. The lowest BCUT2D eigenvalue weighted by molar-refractivity contribution is -0.145. The van der Waals surface area contributed by atoms with Crippen molar-refractivity contribution in [1.29, 1.82) is 0 Å². The highest BCUT2D eigenvalue weighted by atomic mass is 19.4. The number of carboxylic acids is 1. The van der Waals surface area contributed by atoms with Crippen LogP contribution in [0.25, 0.3) is 0 Å². The molecule has 0 aliphatic carbocycles. The average molecular weight is 1800 g/mol. The lowest BCUT2D eigenvalue weighted by atomic mass is 9.70. The number of ether oxygens (including phenoxy) is 2. The lowest BCUT2D eigenvalue weighted by Crippen LogP contribution is -2.52. The van der Waals surface area contributed by atoms with Crippen molar-refractivity contribution in [2.75, 3.05) is 112 Å². The van der Waals surface area contributed by atoms with Gasteiger partial charge in [0.1, 0.15) is 5.75 Å². The highest BCUT2D eigenvalue weighted by Gasteiger charge is 2.45. The van der Waals surface area contributed by atoms with Crippen LogP contribution in [0.1, 0.15) is 164 Å². The largest absolute Gasteiger partial charge is 0.493 e. The molecule has 6 aliphatic rings. The predicted octanol–water partition coefficient (Wildman–Crippen LogP) is 18.7. The molecule has 6 fully saturated rings. The normalized spacial score (nSPS) is 20.4. The number of halogens is 12. The number of aliphatic hydroxyl groups is 3. The summed E-state index contributed by atoms with van der Waals surface area (Å²) in [6.45, 7) is 18.1. The first-order valence-corrected chi connectivity index (χ1v) is 44.4. The Kier molecular flexibility index (Phi) is 39.0. The first kappa shape index (κ1) is 104. The third-order valence-corrected chi connectivity index (χ3v) is 25.8. The molecular weight excluding hydrogens is 1680 g/mol. The minimum absolute atomic E-state index is 0.00268. The van der Waals surface area contributed by atoms with Gasteiger partial charge in [-0.05, 0) is 236 Å². The fourth-order valence-corrected chi connectivity index (χ4v) is 17.8. The molecule has 698 valence electrons. The summed E-state index contributed by atoms with van der Waals surface area (Å²) in [5.74, 6) is -0.475. The first-order valence-electron chi connectivity index (χ1n) is 44.4. The maximum atomic E-state index is 13.0. The van der Waals surface area contributed by atoms with Gasteiger partial charge in [0.2, 0.25) is 0 Å². The Hall–Kier alpha value is -8.94. The Morgan fingerprint density at radius 2 is 0.736 bits per heavy atom. The predicted molar refractivity (Wildman–Crippen MR) is 484 cm³/mol. The van der Waals surface area contributed by atoms with Crippen LogP contribution < -0.4 is 26.0 Å².